The summed E-state index contributed by atoms with van der Waals surface area (Å²) in [5.41, 5.74) is -0.751. The van der Waals surface area contributed by atoms with Crippen LogP contribution >= 0.6 is 0 Å². The number of carbonyl (C=O) groups excluding carboxylic acids is 2. The van der Waals surface area contributed by atoms with Crippen molar-refractivity contribution in [3.8, 4) is 0 Å². The van der Waals surface area contributed by atoms with Gasteiger partial charge in [-0.05, 0) is 27.2 Å². The number of fused-ring (bicyclic) bond motifs is 2. The van der Waals surface area contributed by atoms with Gasteiger partial charge >= 0.3 is 12.1 Å². The lowest BCUT2D eigenvalue weighted by Gasteiger charge is -2.32. The van der Waals surface area contributed by atoms with Crippen LogP contribution in [-0.2, 0) is 19.0 Å². The Hall–Kier alpha value is -1.38. The van der Waals surface area contributed by atoms with Gasteiger partial charge in [-0.1, -0.05) is 0 Å². The van der Waals surface area contributed by atoms with Gasteiger partial charge in [0.1, 0.15) is 11.6 Å². The first-order valence-corrected chi connectivity index (χ1v) is 6.76. The van der Waals surface area contributed by atoms with Crippen LogP contribution in [0.15, 0.2) is 0 Å². The zero-order valence-electron chi connectivity index (χ0n) is 12.5. The Morgan fingerprint density at radius 1 is 1.24 bits per heavy atom. The molecule has 2 unspecified atom stereocenters. The summed E-state index contributed by atoms with van der Waals surface area (Å²) in [5, 5.41) is 19.7. The monoisotopic (exact) mass is 303 g/mol. The summed E-state index contributed by atoms with van der Waals surface area (Å²) in [7, 11) is 1.20. The summed E-state index contributed by atoms with van der Waals surface area (Å²) in [6, 6.07) is -1.79. The van der Waals surface area contributed by atoms with Crippen molar-refractivity contribution in [1.29, 1.82) is 0 Å². The van der Waals surface area contributed by atoms with Crippen molar-refractivity contribution in [2.45, 2.75) is 57.5 Å². The predicted molar refractivity (Wildman–Crippen MR) is 68.9 cm³/mol. The summed E-state index contributed by atoms with van der Waals surface area (Å²) >= 11 is 0. The molecule has 2 aliphatic heterocycles. The highest BCUT2D eigenvalue weighted by atomic mass is 16.7. The molecule has 0 radical (unpaired) electrons. The standard InChI is InChI=1S/C13H21NO7/c1-13(2,3)21-12(18)14-7-5-6(8(14)11(17)19-4)9(15)20-10(7)16/h6-10,15-16H,5H2,1-4H3/t6-,7-,8-,9?,10?/m1/s1. The van der Waals surface area contributed by atoms with Gasteiger partial charge in [-0.3, -0.25) is 4.90 Å². The fourth-order valence-corrected chi connectivity index (χ4v) is 2.77. The van der Waals surface area contributed by atoms with Crippen LogP contribution in [0.3, 0.4) is 0 Å². The number of amides is 1. The highest BCUT2D eigenvalue weighted by Gasteiger charge is 2.58. The molecular formula is C13H21NO7. The van der Waals surface area contributed by atoms with Crippen LogP contribution in [0.25, 0.3) is 0 Å². The Morgan fingerprint density at radius 2 is 1.86 bits per heavy atom. The first-order valence-electron chi connectivity index (χ1n) is 6.76. The zero-order chi connectivity index (χ0) is 15.9. The molecular weight excluding hydrogens is 282 g/mol. The average molecular weight is 303 g/mol. The molecule has 2 rings (SSSR count). The van der Waals surface area contributed by atoms with Gasteiger partial charge < -0.3 is 24.4 Å². The van der Waals surface area contributed by atoms with Gasteiger partial charge in [0.15, 0.2) is 12.6 Å². The van der Waals surface area contributed by atoms with Crippen LogP contribution in [0.4, 0.5) is 4.79 Å². The maximum atomic E-state index is 12.3. The van der Waals surface area contributed by atoms with E-state index in [4.69, 9.17) is 14.2 Å². The molecule has 0 aromatic heterocycles. The molecule has 2 N–H and O–H groups in total. The summed E-state index contributed by atoms with van der Waals surface area (Å²) in [6.45, 7) is 5.09. The van der Waals surface area contributed by atoms with Crippen LogP contribution < -0.4 is 0 Å². The van der Waals surface area contributed by atoms with Crippen molar-refractivity contribution in [3.63, 3.8) is 0 Å². The molecule has 2 bridgehead atoms. The average Bonchev–Trinajstić information content (AvgIpc) is 2.71. The molecule has 8 nitrogen and oxygen atoms in total. The van der Waals surface area contributed by atoms with Crippen LogP contribution in [0, 0.1) is 5.92 Å². The fourth-order valence-electron chi connectivity index (χ4n) is 2.77. The number of rotatable bonds is 1. The molecule has 0 spiro atoms. The van der Waals surface area contributed by atoms with Gasteiger partial charge in [0.05, 0.1) is 13.2 Å². The quantitative estimate of drug-likeness (QED) is 0.647. The lowest BCUT2D eigenvalue weighted by atomic mass is 9.96. The molecule has 1 amide bonds. The minimum Gasteiger partial charge on any atom is -0.467 e. The van der Waals surface area contributed by atoms with Gasteiger partial charge in [-0.2, -0.15) is 0 Å². The summed E-state index contributed by atoms with van der Waals surface area (Å²) in [5.74, 6) is -1.33. The third kappa shape index (κ3) is 2.97. The van der Waals surface area contributed by atoms with E-state index in [-0.39, 0.29) is 6.42 Å². The van der Waals surface area contributed by atoms with Crippen molar-refractivity contribution >= 4 is 12.1 Å². The normalized spacial score (nSPS) is 35.5. The molecule has 2 heterocycles. The molecule has 120 valence electrons. The molecule has 0 aromatic rings. The Balaban J connectivity index is 2.31. The molecule has 8 heteroatoms. The molecule has 0 aliphatic carbocycles. The molecule has 5 atom stereocenters. The number of nitrogens with zero attached hydrogens (tertiary/aromatic N) is 1. The summed E-state index contributed by atoms with van der Waals surface area (Å²) in [4.78, 5) is 25.4. The van der Waals surface area contributed by atoms with Gasteiger partial charge in [-0.25, -0.2) is 9.59 Å². The van der Waals surface area contributed by atoms with E-state index in [0.29, 0.717) is 0 Å². The fraction of sp³-hybridized carbons (Fsp3) is 0.846. The molecule has 2 fully saturated rings. The Morgan fingerprint density at radius 3 is 2.38 bits per heavy atom. The third-order valence-corrected chi connectivity index (χ3v) is 3.60. The summed E-state index contributed by atoms with van der Waals surface area (Å²) < 4.78 is 14.9. The SMILES string of the molecule is COC(=O)[C@H]1[C@H]2C[C@H](C(O)OC2O)N1C(=O)OC(C)(C)C. The molecule has 2 saturated heterocycles. The highest BCUT2D eigenvalue weighted by molar-refractivity contribution is 5.83. The Kier molecular flexibility index (Phi) is 4.14. The van der Waals surface area contributed by atoms with Crippen LogP contribution in [0.5, 0.6) is 0 Å². The lowest BCUT2D eigenvalue weighted by Crippen LogP contribution is -2.50. The number of ether oxygens (including phenoxy) is 3. The minimum atomic E-state index is -1.38. The number of aliphatic hydroxyl groups excluding tert-OH is 2. The van der Waals surface area contributed by atoms with E-state index in [1.54, 1.807) is 20.8 Å². The predicted octanol–water partition coefficient (Wildman–Crippen LogP) is -0.179. The van der Waals surface area contributed by atoms with Crippen molar-refractivity contribution in [1.82, 2.24) is 4.90 Å². The number of esters is 1. The number of aliphatic hydroxyl groups is 2. The second-order valence-electron chi connectivity index (χ2n) is 6.24. The van der Waals surface area contributed by atoms with E-state index in [2.05, 4.69) is 0 Å². The number of carbonyl (C=O) groups is 2. The Bertz CT molecular complexity index is 433. The van der Waals surface area contributed by atoms with Crippen LogP contribution in [0.1, 0.15) is 27.2 Å². The van der Waals surface area contributed by atoms with Gasteiger partial charge in [0.2, 0.25) is 0 Å². The van der Waals surface area contributed by atoms with E-state index in [1.165, 1.54) is 7.11 Å². The van der Waals surface area contributed by atoms with E-state index in [0.717, 1.165) is 4.90 Å². The van der Waals surface area contributed by atoms with Gasteiger partial charge in [0.25, 0.3) is 0 Å². The first kappa shape index (κ1) is 16.0. The minimum absolute atomic E-state index is 0.237. The van der Waals surface area contributed by atoms with Crippen LogP contribution in [0.2, 0.25) is 0 Å². The third-order valence-electron chi connectivity index (χ3n) is 3.60. The van der Waals surface area contributed by atoms with E-state index >= 15 is 0 Å². The molecule has 21 heavy (non-hydrogen) atoms. The van der Waals surface area contributed by atoms with Crippen molar-refractivity contribution in [2.24, 2.45) is 5.92 Å². The highest BCUT2D eigenvalue weighted by Crippen LogP contribution is 2.40. The number of likely N-dealkylation sites (tertiary alicyclic amines) is 1. The first-order chi connectivity index (χ1) is 9.65. The summed E-state index contributed by atoms with van der Waals surface area (Å²) in [6.07, 6.45) is -3.23. The Labute approximate surface area is 122 Å². The molecule has 0 saturated carbocycles. The maximum Gasteiger partial charge on any atom is 0.411 e. The number of hydrogen-bond donors (Lipinski definition) is 2. The number of methoxy groups -OCH3 is 1. The smallest absolute Gasteiger partial charge is 0.411 e. The molecule has 0 aromatic carbocycles. The van der Waals surface area contributed by atoms with E-state index < -0.39 is 48.2 Å². The topological polar surface area (TPSA) is 106 Å². The van der Waals surface area contributed by atoms with Gasteiger partial charge in [-0.15, -0.1) is 0 Å². The van der Waals surface area contributed by atoms with Crippen molar-refractivity contribution in [3.05, 3.63) is 0 Å². The van der Waals surface area contributed by atoms with E-state index in [1.807, 2.05) is 0 Å². The lowest BCUT2D eigenvalue weighted by molar-refractivity contribution is -0.252. The van der Waals surface area contributed by atoms with Crippen molar-refractivity contribution in [2.75, 3.05) is 7.11 Å². The second-order valence-corrected chi connectivity index (χ2v) is 6.24. The van der Waals surface area contributed by atoms with Crippen molar-refractivity contribution < 1.29 is 34.0 Å². The maximum absolute atomic E-state index is 12.3. The molecule has 2 aliphatic rings. The van der Waals surface area contributed by atoms with Gasteiger partial charge in [0, 0.05) is 5.92 Å². The van der Waals surface area contributed by atoms with E-state index in [9.17, 15) is 19.8 Å². The second kappa shape index (κ2) is 5.43. The zero-order valence-corrected chi connectivity index (χ0v) is 12.5. The largest absolute Gasteiger partial charge is 0.467 e. The van der Waals surface area contributed by atoms with Crippen LogP contribution in [-0.4, -0.2) is 64.6 Å². The number of hydrogen-bond acceptors (Lipinski definition) is 7.